The van der Waals surface area contributed by atoms with Gasteiger partial charge >= 0.3 is 0 Å². The van der Waals surface area contributed by atoms with Gasteiger partial charge in [0.25, 0.3) is 5.56 Å². The van der Waals surface area contributed by atoms with Gasteiger partial charge in [-0.05, 0) is 19.4 Å². The van der Waals surface area contributed by atoms with Crippen LogP contribution in [0.2, 0.25) is 0 Å². The van der Waals surface area contributed by atoms with E-state index >= 15 is 0 Å². The molecule has 0 radical (unpaired) electrons. The number of carbonyl (C=O) groups is 1. The summed E-state index contributed by atoms with van der Waals surface area (Å²) in [5.74, 6) is -0.431. The lowest BCUT2D eigenvalue weighted by Crippen LogP contribution is -2.47. The van der Waals surface area contributed by atoms with Crippen LogP contribution in [0.5, 0.6) is 5.75 Å². The Kier molecular flexibility index (Phi) is 5.19. The zero-order valence-electron chi connectivity index (χ0n) is 18.4. The molecule has 1 atom stereocenters. The van der Waals surface area contributed by atoms with E-state index in [0.717, 1.165) is 39.3 Å². The Morgan fingerprint density at radius 3 is 2.73 bits per heavy atom. The van der Waals surface area contributed by atoms with Crippen LogP contribution in [0.25, 0.3) is 0 Å². The lowest BCUT2D eigenvalue weighted by molar-refractivity contribution is -0.118. The van der Waals surface area contributed by atoms with Gasteiger partial charge in [0.1, 0.15) is 17.4 Å². The molecule has 0 bridgehead atoms. The number of benzene rings is 1. The molecular weight excluding hydrogens is 422 g/mol. The van der Waals surface area contributed by atoms with Crippen molar-refractivity contribution in [2.45, 2.75) is 25.3 Å². The molecule has 5 rings (SSSR count). The van der Waals surface area contributed by atoms with Crippen molar-refractivity contribution in [2.24, 2.45) is 5.73 Å². The number of hydrogen-bond acceptors (Lipinski definition) is 7. The van der Waals surface area contributed by atoms with Crippen molar-refractivity contribution < 1.29 is 14.3 Å². The highest BCUT2D eigenvalue weighted by Gasteiger charge is 2.58. The second-order valence-electron chi connectivity index (χ2n) is 8.49. The van der Waals surface area contributed by atoms with Gasteiger partial charge in [-0.1, -0.05) is 18.2 Å². The summed E-state index contributed by atoms with van der Waals surface area (Å²) in [6.07, 6.45) is 0.763. The molecule has 3 aliphatic heterocycles. The number of ether oxygens (including phenoxy) is 2. The fourth-order valence-electron chi connectivity index (χ4n) is 5.09. The topological polar surface area (TPSA) is 123 Å². The number of aromatic nitrogens is 1. The number of hydrogen-bond donors (Lipinski definition) is 2. The Hall–Kier alpha value is -3.61. The highest BCUT2D eigenvalue weighted by Crippen LogP contribution is 2.51. The smallest absolute Gasteiger partial charge is 0.259 e. The van der Waals surface area contributed by atoms with Crippen LogP contribution in [0, 0.1) is 18.3 Å². The Bertz CT molecular complexity index is 1270. The maximum Gasteiger partial charge on any atom is 0.259 e. The highest BCUT2D eigenvalue weighted by atomic mass is 16.5. The minimum Gasteiger partial charge on any atom is -0.440 e. The molecular formula is C24H25N5O4. The van der Waals surface area contributed by atoms with Crippen LogP contribution in [0.15, 0.2) is 46.6 Å². The fourth-order valence-corrected chi connectivity index (χ4v) is 5.09. The Morgan fingerprint density at radius 1 is 1.21 bits per heavy atom. The number of morpholine rings is 1. The zero-order valence-corrected chi connectivity index (χ0v) is 18.4. The van der Waals surface area contributed by atoms with Crippen LogP contribution in [0.1, 0.15) is 23.2 Å². The van der Waals surface area contributed by atoms with E-state index in [2.05, 4.69) is 10.2 Å². The van der Waals surface area contributed by atoms with Crippen molar-refractivity contribution in [1.29, 1.82) is 5.26 Å². The number of pyridine rings is 1. The van der Waals surface area contributed by atoms with E-state index in [-0.39, 0.29) is 28.3 Å². The molecule has 2 aromatic rings. The van der Waals surface area contributed by atoms with Crippen molar-refractivity contribution in [1.82, 2.24) is 9.47 Å². The highest BCUT2D eigenvalue weighted by molar-refractivity contribution is 6.12. The van der Waals surface area contributed by atoms with E-state index in [0.29, 0.717) is 23.5 Å². The molecule has 1 amide bonds. The fraction of sp³-hybridized carbons (Fsp3) is 0.375. The molecule has 9 nitrogen and oxygen atoms in total. The van der Waals surface area contributed by atoms with Crippen molar-refractivity contribution >= 4 is 11.6 Å². The molecule has 1 aromatic heterocycles. The standard InChI is InChI=1S/C24H25N5O4/c1-15-13-19-20(22(30)29(15)8-4-7-28-9-11-32-12-10-28)24(17(14-25)21(26)33-19)16-5-2-3-6-18(16)27-23(24)31/h2-3,5-6,13H,4,7-12,26H2,1H3,(H,27,31)/t24-/m0/s1. The molecule has 1 aromatic carbocycles. The van der Waals surface area contributed by atoms with Crippen molar-refractivity contribution in [3.05, 3.63) is 69.0 Å². The van der Waals surface area contributed by atoms with Gasteiger partial charge in [-0.15, -0.1) is 0 Å². The Balaban J connectivity index is 1.62. The lowest BCUT2D eigenvalue weighted by Gasteiger charge is -2.34. The maximum atomic E-state index is 13.9. The molecule has 0 unspecified atom stereocenters. The number of nitrogens with two attached hydrogens (primary N) is 1. The van der Waals surface area contributed by atoms with Gasteiger partial charge in [-0.2, -0.15) is 5.26 Å². The molecule has 1 spiro atoms. The van der Waals surface area contributed by atoms with Crippen LogP contribution >= 0.6 is 0 Å². The second kappa shape index (κ2) is 8.06. The summed E-state index contributed by atoms with van der Waals surface area (Å²) in [5.41, 5.74) is 5.97. The molecule has 3 aliphatic rings. The van der Waals surface area contributed by atoms with Crippen LogP contribution in [0.4, 0.5) is 5.69 Å². The molecule has 1 saturated heterocycles. The summed E-state index contributed by atoms with van der Waals surface area (Å²) in [6, 6.07) is 10.8. The van der Waals surface area contributed by atoms with Gasteiger partial charge in [-0.3, -0.25) is 14.5 Å². The predicted molar refractivity (Wildman–Crippen MR) is 121 cm³/mol. The number of nitriles is 1. The van der Waals surface area contributed by atoms with E-state index in [1.54, 1.807) is 34.9 Å². The molecule has 3 N–H and O–H groups in total. The van der Waals surface area contributed by atoms with E-state index < -0.39 is 11.3 Å². The number of nitrogens with zero attached hydrogens (tertiary/aromatic N) is 3. The average Bonchev–Trinajstić information content (AvgIpc) is 3.09. The molecule has 1 fully saturated rings. The molecule has 170 valence electrons. The normalized spacial score (nSPS) is 21.9. The summed E-state index contributed by atoms with van der Waals surface area (Å²) < 4.78 is 12.8. The van der Waals surface area contributed by atoms with Gasteiger partial charge in [0.05, 0.1) is 18.8 Å². The first-order valence-electron chi connectivity index (χ1n) is 11.0. The summed E-state index contributed by atoms with van der Waals surface area (Å²) >= 11 is 0. The van der Waals surface area contributed by atoms with Crippen molar-refractivity contribution in [3.8, 4) is 11.8 Å². The number of nitrogens with one attached hydrogen (secondary N) is 1. The first-order valence-corrected chi connectivity index (χ1v) is 11.0. The number of carbonyl (C=O) groups excluding carboxylic acids is 1. The third-order valence-corrected chi connectivity index (χ3v) is 6.68. The van der Waals surface area contributed by atoms with E-state index in [9.17, 15) is 14.9 Å². The van der Waals surface area contributed by atoms with E-state index in [4.69, 9.17) is 15.2 Å². The van der Waals surface area contributed by atoms with E-state index in [1.165, 1.54) is 0 Å². The molecule has 9 heteroatoms. The van der Waals surface area contributed by atoms with Gasteiger partial charge in [0.2, 0.25) is 11.8 Å². The Morgan fingerprint density at radius 2 is 1.97 bits per heavy atom. The molecule has 33 heavy (non-hydrogen) atoms. The predicted octanol–water partition coefficient (Wildman–Crippen LogP) is 1.20. The number of anilines is 1. The summed E-state index contributed by atoms with van der Waals surface area (Å²) in [5, 5.41) is 12.8. The Labute approximate surface area is 191 Å². The van der Waals surface area contributed by atoms with Crippen LogP contribution < -0.4 is 21.3 Å². The minimum atomic E-state index is -1.64. The van der Waals surface area contributed by atoms with Gasteiger partial charge in [-0.25, -0.2) is 0 Å². The number of amides is 1. The maximum absolute atomic E-state index is 13.9. The molecule has 0 saturated carbocycles. The zero-order chi connectivity index (χ0) is 23.2. The third-order valence-electron chi connectivity index (χ3n) is 6.68. The number of fused-ring (bicyclic) bond motifs is 4. The molecule has 0 aliphatic carbocycles. The van der Waals surface area contributed by atoms with Crippen molar-refractivity contribution in [3.63, 3.8) is 0 Å². The number of rotatable bonds is 4. The molecule has 4 heterocycles. The first kappa shape index (κ1) is 21.2. The van der Waals surface area contributed by atoms with Crippen LogP contribution in [0.3, 0.4) is 0 Å². The van der Waals surface area contributed by atoms with Gasteiger partial charge < -0.3 is 25.1 Å². The summed E-state index contributed by atoms with van der Waals surface area (Å²) in [7, 11) is 0. The summed E-state index contributed by atoms with van der Waals surface area (Å²) in [6.45, 7) is 6.34. The van der Waals surface area contributed by atoms with E-state index in [1.807, 2.05) is 13.0 Å². The lowest BCUT2D eigenvalue weighted by atomic mass is 9.69. The largest absolute Gasteiger partial charge is 0.440 e. The minimum absolute atomic E-state index is 0.0710. The third kappa shape index (κ3) is 3.14. The quantitative estimate of drug-likeness (QED) is 0.722. The van der Waals surface area contributed by atoms with Crippen LogP contribution in [-0.4, -0.2) is 48.2 Å². The average molecular weight is 447 g/mol. The monoisotopic (exact) mass is 447 g/mol. The SMILES string of the molecule is Cc1cc2c(c(=O)n1CCCN1CCOCC1)[C@@]1(C(=O)Nc3ccccc31)C(C#N)=C(N)O2. The second-order valence-corrected chi connectivity index (χ2v) is 8.49. The van der Waals surface area contributed by atoms with Gasteiger partial charge in [0.15, 0.2) is 5.41 Å². The number of aryl methyl sites for hydroxylation is 1. The van der Waals surface area contributed by atoms with Crippen molar-refractivity contribution in [2.75, 3.05) is 38.2 Å². The van der Waals surface area contributed by atoms with Gasteiger partial charge in [0, 0.05) is 49.2 Å². The first-order chi connectivity index (χ1) is 16.0. The number of para-hydroxylation sites is 1. The van der Waals surface area contributed by atoms with Crippen LogP contribution in [-0.2, 0) is 21.5 Å². The summed E-state index contributed by atoms with van der Waals surface area (Å²) in [4.78, 5) is 29.7.